The van der Waals surface area contributed by atoms with E-state index in [0.717, 1.165) is 71.7 Å². The van der Waals surface area contributed by atoms with Gasteiger partial charge in [-0.3, -0.25) is 4.57 Å². The Morgan fingerprint density at radius 2 is 0.912 bits per heavy atom. The summed E-state index contributed by atoms with van der Waals surface area (Å²) in [6.07, 6.45) is 0. The second-order valence-corrected chi connectivity index (χ2v) is 14.4. The lowest BCUT2D eigenvalue weighted by Gasteiger charge is -2.11. The third-order valence-corrected chi connectivity index (χ3v) is 11.2. The Bertz CT molecular complexity index is 3450. The minimum atomic E-state index is 0.550. The van der Waals surface area contributed by atoms with Gasteiger partial charge >= 0.3 is 0 Å². The van der Waals surface area contributed by atoms with Gasteiger partial charge in [0.25, 0.3) is 0 Å². The van der Waals surface area contributed by atoms with E-state index >= 15 is 0 Å². The summed E-state index contributed by atoms with van der Waals surface area (Å²) in [5, 5.41) is 6.71. The normalized spacial score (nSPS) is 11.9. The first-order valence-electron chi connectivity index (χ1n) is 19.1. The molecule has 57 heavy (non-hydrogen) atoms. The largest absolute Gasteiger partial charge is 0.456 e. The molecule has 12 aromatic rings. The maximum absolute atomic E-state index is 6.86. The number of rotatable bonds is 5. The molecule has 0 radical (unpaired) electrons. The van der Waals surface area contributed by atoms with Crippen molar-refractivity contribution in [3.8, 4) is 45.5 Å². The molecule has 0 saturated carbocycles. The number of fused-ring (bicyclic) bond motifs is 5. The molecule has 0 bridgehead atoms. The van der Waals surface area contributed by atoms with Crippen LogP contribution in [0.2, 0.25) is 0 Å². The summed E-state index contributed by atoms with van der Waals surface area (Å²) >= 11 is 0. The predicted octanol–water partition coefficient (Wildman–Crippen LogP) is 13.0. The molecular weight excluding hydrogens is 699 g/mol. The first kappa shape index (κ1) is 31.5. The van der Waals surface area contributed by atoms with Crippen LogP contribution >= 0.6 is 0 Å². The molecule has 0 unspecified atom stereocenters. The molecule has 0 saturated heterocycles. The minimum absolute atomic E-state index is 0.550. The van der Waals surface area contributed by atoms with Gasteiger partial charge in [-0.05, 0) is 71.1 Å². The highest BCUT2D eigenvalue weighted by Crippen LogP contribution is 2.42. The fraction of sp³-hybridized carbons (Fsp3) is 0. The van der Waals surface area contributed by atoms with Gasteiger partial charge in [0.2, 0.25) is 5.95 Å². The highest BCUT2D eigenvalue weighted by molar-refractivity contribution is 6.26. The molecule has 0 aliphatic rings. The molecule has 0 N–H and O–H groups in total. The standard InChI is InChI=1S/C51H31N5O/c1-4-14-32(15-5-1)49-52-50(33-16-6-2-7-17-33)54-51(53-49)56-42-23-12-21-39-40-30-34(27-29-45(40)57-46-25-13-24-43(56)48(46)47(39)42)35-26-28-38-37-20-10-11-22-41(37)55(44(38)31-35)36-18-8-3-9-19-36/h1-31H. The topological polar surface area (TPSA) is 61.7 Å². The van der Waals surface area contributed by atoms with Crippen molar-refractivity contribution in [3.63, 3.8) is 0 Å². The zero-order chi connectivity index (χ0) is 37.5. The van der Waals surface area contributed by atoms with Crippen LogP contribution in [0.1, 0.15) is 0 Å². The molecule has 266 valence electrons. The van der Waals surface area contributed by atoms with Gasteiger partial charge in [0.1, 0.15) is 11.2 Å². The Morgan fingerprint density at radius 3 is 1.67 bits per heavy atom. The Balaban J connectivity index is 1.11. The molecule has 4 aromatic heterocycles. The van der Waals surface area contributed by atoms with Gasteiger partial charge in [-0.15, -0.1) is 0 Å². The van der Waals surface area contributed by atoms with Crippen molar-refractivity contribution in [2.45, 2.75) is 0 Å². The molecule has 4 heterocycles. The highest BCUT2D eigenvalue weighted by Gasteiger charge is 2.22. The molecule has 6 heteroatoms. The highest BCUT2D eigenvalue weighted by atomic mass is 16.3. The van der Waals surface area contributed by atoms with Crippen molar-refractivity contribution >= 4 is 65.6 Å². The number of aromatic nitrogens is 5. The van der Waals surface area contributed by atoms with Crippen molar-refractivity contribution in [2.75, 3.05) is 0 Å². The average molecular weight is 730 g/mol. The quantitative estimate of drug-likeness (QED) is 0.177. The van der Waals surface area contributed by atoms with Crippen LogP contribution in [-0.2, 0) is 0 Å². The van der Waals surface area contributed by atoms with E-state index in [2.05, 4.69) is 130 Å². The molecule has 0 amide bonds. The fourth-order valence-electron chi connectivity index (χ4n) is 8.63. The van der Waals surface area contributed by atoms with Crippen LogP contribution in [0.4, 0.5) is 0 Å². The van der Waals surface area contributed by atoms with Crippen LogP contribution in [0.5, 0.6) is 0 Å². The molecule has 0 spiro atoms. The summed E-state index contributed by atoms with van der Waals surface area (Å²) in [7, 11) is 0. The molecule has 0 aliphatic heterocycles. The first-order chi connectivity index (χ1) is 28.3. The van der Waals surface area contributed by atoms with Crippen LogP contribution in [0, 0.1) is 0 Å². The van der Waals surface area contributed by atoms with E-state index in [1.165, 1.54) is 21.8 Å². The third-order valence-electron chi connectivity index (χ3n) is 11.2. The van der Waals surface area contributed by atoms with E-state index in [4.69, 9.17) is 19.4 Å². The van der Waals surface area contributed by atoms with E-state index in [-0.39, 0.29) is 0 Å². The van der Waals surface area contributed by atoms with Gasteiger partial charge in [0, 0.05) is 38.4 Å². The van der Waals surface area contributed by atoms with Gasteiger partial charge in [-0.1, -0.05) is 133 Å². The Morgan fingerprint density at radius 1 is 0.333 bits per heavy atom. The van der Waals surface area contributed by atoms with Crippen molar-refractivity contribution in [1.82, 2.24) is 24.1 Å². The maximum atomic E-state index is 6.86. The number of hydrogen-bond acceptors (Lipinski definition) is 4. The molecule has 6 nitrogen and oxygen atoms in total. The number of benzene rings is 8. The lowest BCUT2D eigenvalue weighted by Crippen LogP contribution is -2.06. The first-order valence-corrected chi connectivity index (χ1v) is 19.1. The summed E-state index contributed by atoms with van der Waals surface area (Å²) in [6.45, 7) is 0. The summed E-state index contributed by atoms with van der Waals surface area (Å²) in [6, 6.07) is 65.5. The number of nitrogens with zero attached hydrogens (tertiary/aromatic N) is 5. The van der Waals surface area contributed by atoms with E-state index in [1.807, 2.05) is 66.7 Å². The molecule has 12 rings (SSSR count). The van der Waals surface area contributed by atoms with Gasteiger partial charge < -0.3 is 8.98 Å². The lowest BCUT2D eigenvalue weighted by molar-refractivity contribution is 0.664. The number of hydrogen-bond donors (Lipinski definition) is 0. The van der Waals surface area contributed by atoms with Crippen LogP contribution < -0.4 is 0 Å². The van der Waals surface area contributed by atoms with E-state index in [9.17, 15) is 0 Å². The van der Waals surface area contributed by atoms with E-state index in [1.54, 1.807) is 0 Å². The van der Waals surface area contributed by atoms with E-state index in [0.29, 0.717) is 17.6 Å². The molecule has 8 aromatic carbocycles. The Hall–Kier alpha value is -7.83. The van der Waals surface area contributed by atoms with E-state index < -0.39 is 0 Å². The van der Waals surface area contributed by atoms with Crippen LogP contribution in [0.15, 0.2) is 192 Å². The number of para-hydroxylation sites is 2. The predicted molar refractivity (Wildman–Crippen MR) is 232 cm³/mol. The van der Waals surface area contributed by atoms with Crippen molar-refractivity contribution in [1.29, 1.82) is 0 Å². The minimum Gasteiger partial charge on any atom is -0.456 e. The third kappa shape index (κ3) is 4.87. The summed E-state index contributed by atoms with van der Waals surface area (Å²) in [5.41, 5.74) is 11.2. The lowest BCUT2D eigenvalue weighted by atomic mass is 9.99. The molecule has 0 aliphatic carbocycles. The van der Waals surface area contributed by atoms with Gasteiger partial charge in [-0.2, -0.15) is 9.97 Å². The molecule has 0 fully saturated rings. The summed E-state index contributed by atoms with van der Waals surface area (Å²) in [5.74, 6) is 1.78. The van der Waals surface area contributed by atoms with Crippen molar-refractivity contribution < 1.29 is 4.42 Å². The van der Waals surface area contributed by atoms with Gasteiger partial charge in [0.05, 0.1) is 27.5 Å². The summed E-state index contributed by atoms with van der Waals surface area (Å²) < 4.78 is 11.4. The van der Waals surface area contributed by atoms with Gasteiger partial charge in [-0.25, -0.2) is 4.98 Å². The monoisotopic (exact) mass is 729 g/mol. The molecule has 0 atom stereocenters. The van der Waals surface area contributed by atoms with Crippen LogP contribution in [-0.4, -0.2) is 24.1 Å². The fourth-order valence-corrected chi connectivity index (χ4v) is 8.63. The second-order valence-electron chi connectivity index (χ2n) is 14.4. The van der Waals surface area contributed by atoms with Gasteiger partial charge in [0.15, 0.2) is 11.6 Å². The van der Waals surface area contributed by atoms with Crippen molar-refractivity contribution in [3.05, 3.63) is 188 Å². The Labute approximate surface area is 326 Å². The zero-order valence-corrected chi connectivity index (χ0v) is 30.5. The smallest absolute Gasteiger partial charge is 0.238 e. The SMILES string of the molecule is c1ccc(-c2nc(-c3ccccc3)nc(-n3c4cccc5oc6ccc(-c7ccc8c9ccccc9n(-c9ccccc9)c8c7)cc6c6cccc3c6c54)n2)cc1. The van der Waals surface area contributed by atoms with Crippen LogP contribution in [0.3, 0.4) is 0 Å². The second kappa shape index (κ2) is 12.3. The maximum Gasteiger partial charge on any atom is 0.238 e. The van der Waals surface area contributed by atoms with Crippen molar-refractivity contribution in [2.24, 2.45) is 0 Å². The molecular formula is C51H31N5O. The van der Waals surface area contributed by atoms with Crippen LogP contribution in [0.25, 0.3) is 111 Å². The average Bonchev–Trinajstić information content (AvgIpc) is 3.75. The Kier molecular flexibility index (Phi) is 6.83. The summed E-state index contributed by atoms with van der Waals surface area (Å²) in [4.78, 5) is 15.2. The zero-order valence-electron chi connectivity index (χ0n) is 30.5.